The van der Waals surface area contributed by atoms with Crippen molar-refractivity contribution in [2.45, 2.75) is 13.5 Å². The molecule has 0 unspecified atom stereocenters. The van der Waals surface area contributed by atoms with Gasteiger partial charge in [-0.1, -0.05) is 77.5 Å². The number of thiazole rings is 1. The number of nitrogens with zero attached hydrogens (tertiary/aromatic N) is 5. The van der Waals surface area contributed by atoms with Gasteiger partial charge in [-0.2, -0.15) is 14.6 Å². The molecule has 47 heavy (non-hydrogen) atoms. The van der Waals surface area contributed by atoms with Crippen molar-refractivity contribution in [1.82, 2.24) is 24.4 Å². The molecule has 0 aliphatic rings. The number of hydrogen-bond donors (Lipinski definition) is 0. The van der Waals surface area contributed by atoms with Gasteiger partial charge in [-0.15, -0.1) is 5.10 Å². The Kier molecular flexibility index (Phi) is 8.64. The highest BCUT2D eigenvalue weighted by atomic mass is 35.5. The van der Waals surface area contributed by atoms with Gasteiger partial charge in [-0.3, -0.25) is 4.79 Å². The molecule has 4 aromatic carbocycles. The minimum atomic E-state index is -0.236. The van der Waals surface area contributed by atoms with E-state index >= 15 is 0 Å². The maximum atomic E-state index is 13.4. The van der Waals surface area contributed by atoms with Gasteiger partial charge in [0.05, 0.1) is 16.8 Å². The van der Waals surface area contributed by atoms with E-state index in [0.29, 0.717) is 39.3 Å². The number of para-hydroxylation sites is 1. The predicted octanol–water partition coefficient (Wildman–Crippen LogP) is 7.35. The van der Waals surface area contributed by atoms with E-state index in [4.69, 9.17) is 26.2 Å². The van der Waals surface area contributed by atoms with Crippen LogP contribution in [0.15, 0.2) is 114 Å². The van der Waals surface area contributed by atoms with E-state index in [2.05, 4.69) is 10.1 Å². The molecular formula is C37H28ClN5O3S. The Balaban J connectivity index is 1.18. The summed E-state index contributed by atoms with van der Waals surface area (Å²) < 4.78 is 15.2. The zero-order chi connectivity index (χ0) is 32.2. The summed E-state index contributed by atoms with van der Waals surface area (Å²) >= 11 is 7.58. The molecule has 0 bridgehead atoms. The molecule has 0 spiro atoms. The van der Waals surface area contributed by atoms with Gasteiger partial charge in [0.25, 0.3) is 5.56 Å². The molecule has 0 saturated carbocycles. The second-order valence-corrected chi connectivity index (χ2v) is 11.9. The fraction of sp³-hybridized carbons (Fsp3) is 0.0811. The molecule has 7 rings (SSSR count). The topological polar surface area (TPSA) is 83.5 Å². The fourth-order valence-corrected chi connectivity index (χ4v) is 6.09. The van der Waals surface area contributed by atoms with E-state index in [1.165, 1.54) is 15.9 Å². The molecule has 0 aliphatic heterocycles. The van der Waals surface area contributed by atoms with Gasteiger partial charge in [0.1, 0.15) is 23.8 Å². The first-order valence-electron chi connectivity index (χ1n) is 15.0. The molecule has 10 heteroatoms. The average molecular weight is 658 g/mol. The van der Waals surface area contributed by atoms with Crippen LogP contribution in [0.2, 0.25) is 5.02 Å². The van der Waals surface area contributed by atoms with Crippen molar-refractivity contribution >= 4 is 46.1 Å². The summed E-state index contributed by atoms with van der Waals surface area (Å²) in [5.41, 5.74) is 4.95. The van der Waals surface area contributed by atoms with Crippen molar-refractivity contribution in [2.24, 2.45) is 0 Å². The number of halogens is 1. The number of aromatic nitrogens is 5. The molecule has 7 aromatic rings. The van der Waals surface area contributed by atoms with Gasteiger partial charge in [0.2, 0.25) is 4.96 Å². The van der Waals surface area contributed by atoms with Crippen molar-refractivity contribution in [1.29, 1.82) is 0 Å². The zero-order valence-electron chi connectivity index (χ0n) is 25.3. The maximum absolute atomic E-state index is 13.4. The van der Waals surface area contributed by atoms with Crippen molar-refractivity contribution in [3.63, 3.8) is 0 Å². The average Bonchev–Trinajstić information content (AvgIpc) is 3.79. The molecule has 0 atom stereocenters. The van der Waals surface area contributed by atoms with E-state index < -0.39 is 0 Å². The van der Waals surface area contributed by atoms with Crippen molar-refractivity contribution < 1.29 is 9.47 Å². The minimum Gasteiger partial charge on any atom is -0.494 e. The van der Waals surface area contributed by atoms with E-state index in [9.17, 15) is 4.79 Å². The van der Waals surface area contributed by atoms with Crippen LogP contribution in [-0.4, -0.2) is 31.0 Å². The Bertz CT molecular complexity index is 2290. The third-order valence-corrected chi connectivity index (χ3v) is 8.67. The lowest BCUT2D eigenvalue weighted by Gasteiger charge is -2.08. The molecule has 8 nitrogen and oxygen atoms in total. The van der Waals surface area contributed by atoms with Gasteiger partial charge in [0, 0.05) is 27.9 Å². The summed E-state index contributed by atoms with van der Waals surface area (Å²) in [6.07, 6.45) is 7.47. The number of hydrogen-bond acceptors (Lipinski definition) is 7. The first-order chi connectivity index (χ1) is 23.0. The second-order valence-electron chi connectivity index (χ2n) is 10.5. The highest BCUT2D eigenvalue weighted by Gasteiger charge is 2.14. The van der Waals surface area contributed by atoms with E-state index in [0.717, 1.165) is 39.4 Å². The van der Waals surface area contributed by atoms with E-state index in [1.807, 2.05) is 133 Å². The summed E-state index contributed by atoms with van der Waals surface area (Å²) in [5.74, 6) is 1.99. The first kappa shape index (κ1) is 30.2. The van der Waals surface area contributed by atoms with Crippen LogP contribution < -0.4 is 19.6 Å². The fourth-order valence-electron chi connectivity index (χ4n) is 4.99. The SMILES string of the molecule is CCOc1ccc(/C=C/c2nc3s/c(=C\c4cn(-c5ccccc5)nc4-c4ccc(OCc5ccccc5Cl)cc4)c(=O)n3n2)cc1. The molecule has 3 heterocycles. The van der Waals surface area contributed by atoms with Crippen LogP contribution >= 0.6 is 22.9 Å². The van der Waals surface area contributed by atoms with Crippen LogP contribution in [0.1, 0.15) is 29.4 Å². The zero-order valence-corrected chi connectivity index (χ0v) is 26.9. The van der Waals surface area contributed by atoms with Gasteiger partial charge in [-0.25, -0.2) is 4.68 Å². The second kappa shape index (κ2) is 13.5. The smallest absolute Gasteiger partial charge is 0.291 e. The Morgan fingerprint density at radius 2 is 1.55 bits per heavy atom. The maximum Gasteiger partial charge on any atom is 0.291 e. The van der Waals surface area contributed by atoms with Gasteiger partial charge in [0.15, 0.2) is 5.82 Å². The van der Waals surface area contributed by atoms with Gasteiger partial charge in [-0.05, 0) is 79.2 Å². The Hall–Kier alpha value is -5.51. The number of rotatable bonds is 10. The summed E-state index contributed by atoms with van der Waals surface area (Å²) in [4.78, 5) is 18.5. The molecule has 0 aliphatic carbocycles. The first-order valence-corrected chi connectivity index (χ1v) is 16.2. The minimum absolute atomic E-state index is 0.236. The van der Waals surface area contributed by atoms with Crippen LogP contribution in [0.5, 0.6) is 11.5 Å². The van der Waals surface area contributed by atoms with Crippen LogP contribution in [-0.2, 0) is 6.61 Å². The lowest BCUT2D eigenvalue weighted by atomic mass is 10.1. The third kappa shape index (κ3) is 6.72. The highest BCUT2D eigenvalue weighted by Crippen LogP contribution is 2.27. The molecule has 0 N–H and O–H groups in total. The standard InChI is InChI=1S/C37H28ClN5O3S/c1-2-45-30-17-12-25(13-18-30)14-21-34-39-37-43(40-34)36(44)33(47-37)22-28-23-42(29-9-4-3-5-10-29)41-35(28)26-15-19-31(20-16-26)46-24-27-8-6-7-11-32(27)38/h3-23H,2,24H2,1H3/b21-14+,33-22-. The molecule has 0 radical (unpaired) electrons. The summed E-state index contributed by atoms with van der Waals surface area (Å²) in [6, 6.07) is 32.9. The predicted molar refractivity (Wildman–Crippen MR) is 187 cm³/mol. The van der Waals surface area contributed by atoms with Crippen LogP contribution in [0, 0.1) is 0 Å². The van der Waals surface area contributed by atoms with Gasteiger partial charge >= 0.3 is 0 Å². The molecule has 3 aromatic heterocycles. The lowest BCUT2D eigenvalue weighted by molar-refractivity contribution is 0.306. The van der Waals surface area contributed by atoms with E-state index in [1.54, 1.807) is 6.08 Å². The normalized spacial score (nSPS) is 11.9. The summed E-state index contributed by atoms with van der Waals surface area (Å²) in [7, 11) is 0. The quantitative estimate of drug-likeness (QED) is 0.153. The number of benzene rings is 4. The number of fused-ring (bicyclic) bond motifs is 1. The summed E-state index contributed by atoms with van der Waals surface area (Å²) in [6.45, 7) is 2.93. The van der Waals surface area contributed by atoms with Crippen molar-refractivity contribution in [3.05, 3.63) is 152 Å². The monoisotopic (exact) mass is 657 g/mol. The molecule has 0 saturated heterocycles. The van der Waals surface area contributed by atoms with Crippen LogP contribution in [0.25, 0.3) is 40.1 Å². The largest absolute Gasteiger partial charge is 0.494 e. The molecular weight excluding hydrogens is 630 g/mol. The van der Waals surface area contributed by atoms with Crippen LogP contribution in [0.3, 0.4) is 0 Å². The van der Waals surface area contributed by atoms with Crippen LogP contribution in [0.4, 0.5) is 0 Å². The van der Waals surface area contributed by atoms with Crippen molar-refractivity contribution in [2.75, 3.05) is 6.61 Å². The highest BCUT2D eigenvalue weighted by molar-refractivity contribution is 7.15. The van der Waals surface area contributed by atoms with Crippen molar-refractivity contribution in [3.8, 4) is 28.4 Å². The molecule has 0 fully saturated rings. The van der Waals surface area contributed by atoms with Gasteiger partial charge < -0.3 is 9.47 Å². The molecule has 232 valence electrons. The molecule has 0 amide bonds. The Morgan fingerprint density at radius 1 is 0.830 bits per heavy atom. The van der Waals surface area contributed by atoms with E-state index in [-0.39, 0.29) is 5.56 Å². The summed E-state index contributed by atoms with van der Waals surface area (Å²) in [5, 5.41) is 10.0. The third-order valence-electron chi connectivity index (χ3n) is 7.34. The Morgan fingerprint density at radius 3 is 2.30 bits per heavy atom. The lowest BCUT2D eigenvalue weighted by Crippen LogP contribution is -2.23. The number of ether oxygens (including phenoxy) is 2. The Labute approximate surface area is 279 Å².